The molecule has 0 aliphatic carbocycles. The molecule has 4 nitrogen and oxygen atoms in total. The van der Waals surface area contributed by atoms with Crippen molar-refractivity contribution < 1.29 is 13.2 Å². The van der Waals surface area contributed by atoms with E-state index in [2.05, 4.69) is 18.2 Å². The molecule has 0 spiro atoms. The Morgan fingerprint density at radius 3 is 2.48 bits per heavy atom. The molecular weight excluding hydrogens is 310 g/mol. The summed E-state index contributed by atoms with van der Waals surface area (Å²) in [7, 11) is -3.79. The molecule has 1 N–H and O–H groups in total. The Balaban J connectivity index is 2.65. The summed E-state index contributed by atoms with van der Waals surface area (Å²) in [5.41, 5.74) is 0.970. The Labute approximate surface area is 140 Å². The highest BCUT2D eigenvalue weighted by atomic mass is 32.2. The number of benzene rings is 1. The number of hydrogen-bond donors (Lipinski definition) is 1. The Bertz CT molecular complexity index is 606. The van der Waals surface area contributed by atoms with Crippen molar-refractivity contribution >= 4 is 15.9 Å². The lowest BCUT2D eigenvalue weighted by Gasteiger charge is -2.15. The summed E-state index contributed by atoms with van der Waals surface area (Å²) in [4.78, 5) is 12.2. The molecule has 0 aliphatic heterocycles. The normalized spacial score (nSPS) is 12.6. The van der Waals surface area contributed by atoms with Gasteiger partial charge < -0.3 is 0 Å². The van der Waals surface area contributed by atoms with Gasteiger partial charge in [-0.05, 0) is 37.8 Å². The fraction of sp³-hybridized carbons (Fsp3) is 0.500. The van der Waals surface area contributed by atoms with Crippen molar-refractivity contribution in [3.8, 4) is 0 Å². The van der Waals surface area contributed by atoms with Gasteiger partial charge in [-0.25, -0.2) is 13.1 Å². The molecule has 1 unspecified atom stereocenters. The third-order valence-electron chi connectivity index (χ3n) is 3.77. The van der Waals surface area contributed by atoms with Crippen LogP contribution in [0.3, 0.4) is 0 Å². The maximum Gasteiger partial charge on any atom is 0.264 e. The maximum absolute atomic E-state index is 12.2. The first-order valence-electron chi connectivity index (χ1n) is 8.12. The number of hydrogen-bond acceptors (Lipinski definition) is 3. The van der Waals surface area contributed by atoms with Crippen LogP contribution in [0.5, 0.6) is 0 Å². The minimum atomic E-state index is -3.79. The highest BCUT2D eigenvalue weighted by Gasteiger charge is 2.20. The quantitative estimate of drug-likeness (QED) is 0.519. The molecule has 23 heavy (non-hydrogen) atoms. The van der Waals surface area contributed by atoms with E-state index in [1.807, 2.05) is 6.92 Å². The third-order valence-corrected chi connectivity index (χ3v) is 5.16. The highest BCUT2D eigenvalue weighted by molar-refractivity contribution is 7.90. The number of unbranched alkanes of at least 4 members (excludes halogenated alkanes) is 2. The van der Waals surface area contributed by atoms with E-state index in [4.69, 9.17) is 0 Å². The van der Waals surface area contributed by atoms with E-state index in [1.165, 1.54) is 12.1 Å². The molecule has 1 atom stereocenters. The van der Waals surface area contributed by atoms with Gasteiger partial charge in [-0.2, -0.15) is 0 Å². The zero-order valence-electron chi connectivity index (χ0n) is 14.0. The first kappa shape index (κ1) is 19.4. The monoisotopic (exact) mass is 337 g/mol. The summed E-state index contributed by atoms with van der Waals surface area (Å²) in [6.07, 6.45) is 6.93. The summed E-state index contributed by atoms with van der Waals surface area (Å²) >= 11 is 0. The van der Waals surface area contributed by atoms with E-state index in [1.54, 1.807) is 18.2 Å². The molecule has 1 aromatic rings. The zero-order valence-corrected chi connectivity index (χ0v) is 14.9. The largest absolute Gasteiger partial charge is 0.274 e. The number of carbonyl (C=O) groups is 1. The number of aryl methyl sites for hydroxylation is 1. The summed E-state index contributed by atoms with van der Waals surface area (Å²) in [6, 6.07) is 6.44. The predicted molar refractivity (Wildman–Crippen MR) is 93.6 cm³/mol. The van der Waals surface area contributed by atoms with Crippen LogP contribution in [-0.2, 0) is 14.8 Å². The van der Waals surface area contributed by atoms with Crippen molar-refractivity contribution in [1.29, 1.82) is 0 Å². The number of sulfonamides is 1. The fourth-order valence-corrected chi connectivity index (χ4v) is 3.45. The van der Waals surface area contributed by atoms with E-state index < -0.39 is 15.9 Å². The van der Waals surface area contributed by atoms with Gasteiger partial charge in [-0.15, -0.1) is 6.58 Å². The number of amides is 1. The van der Waals surface area contributed by atoms with Gasteiger partial charge in [0, 0.05) is 6.42 Å². The molecule has 0 aliphatic rings. The minimum Gasteiger partial charge on any atom is -0.274 e. The van der Waals surface area contributed by atoms with Crippen molar-refractivity contribution in [3.05, 3.63) is 42.5 Å². The smallest absolute Gasteiger partial charge is 0.264 e. The average Bonchev–Trinajstić information content (AvgIpc) is 2.47. The zero-order chi connectivity index (χ0) is 17.3. The Morgan fingerprint density at radius 2 is 1.91 bits per heavy atom. The van der Waals surface area contributed by atoms with Crippen molar-refractivity contribution in [3.63, 3.8) is 0 Å². The van der Waals surface area contributed by atoms with Gasteiger partial charge in [0.05, 0.1) is 4.90 Å². The van der Waals surface area contributed by atoms with E-state index in [0.717, 1.165) is 37.7 Å². The topological polar surface area (TPSA) is 63.2 Å². The number of allylic oxidation sites excluding steroid dienone is 1. The minimum absolute atomic E-state index is 0.114. The van der Waals surface area contributed by atoms with Crippen molar-refractivity contribution in [1.82, 2.24) is 4.72 Å². The van der Waals surface area contributed by atoms with Crippen molar-refractivity contribution in [2.24, 2.45) is 5.92 Å². The lowest BCUT2D eigenvalue weighted by Crippen LogP contribution is -2.31. The van der Waals surface area contributed by atoms with Gasteiger partial charge in [0.2, 0.25) is 5.91 Å². The fourth-order valence-electron chi connectivity index (χ4n) is 2.45. The van der Waals surface area contributed by atoms with E-state index in [-0.39, 0.29) is 17.2 Å². The molecule has 0 aromatic heterocycles. The Kier molecular flexibility index (Phi) is 8.03. The first-order valence-corrected chi connectivity index (χ1v) is 9.60. The van der Waals surface area contributed by atoms with Crippen LogP contribution in [0.25, 0.3) is 0 Å². The second-order valence-electron chi connectivity index (χ2n) is 5.93. The number of nitrogens with one attached hydrogen (secondary N) is 1. The highest BCUT2D eigenvalue weighted by Crippen LogP contribution is 2.19. The molecule has 0 bridgehead atoms. The van der Waals surface area contributed by atoms with Crippen LogP contribution >= 0.6 is 0 Å². The van der Waals surface area contributed by atoms with Crippen LogP contribution < -0.4 is 4.72 Å². The van der Waals surface area contributed by atoms with Crippen LogP contribution in [0, 0.1) is 12.8 Å². The summed E-state index contributed by atoms with van der Waals surface area (Å²) in [6.45, 7) is 7.72. The molecule has 0 fully saturated rings. The molecular formula is C18H27NO3S. The first-order chi connectivity index (χ1) is 10.9. The summed E-state index contributed by atoms with van der Waals surface area (Å²) in [5.74, 6) is -0.304. The Hall–Kier alpha value is -1.62. The van der Waals surface area contributed by atoms with Gasteiger partial charge >= 0.3 is 0 Å². The molecule has 1 rings (SSSR count). The molecule has 0 saturated heterocycles. The Morgan fingerprint density at radius 1 is 1.26 bits per heavy atom. The van der Waals surface area contributed by atoms with Crippen molar-refractivity contribution in [2.45, 2.75) is 57.3 Å². The van der Waals surface area contributed by atoms with Gasteiger partial charge in [-0.3, -0.25) is 4.79 Å². The van der Waals surface area contributed by atoms with Crippen LogP contribution in [-0.4, -0.2) is 14.3 Å². The van der Waals surface area contributed by atoms with E-state index in [9.17, 15) is 13.2 Å². The molecule has 1 amide bonds. The summed E-state index contributed by atoms with van der Waals surface area (Å²) < 4.78 is 26.6. The maximum atomic E-state index is 12.2. The lowest BCUT2D eigenvalue weighted by atomic mass is 9.94. The number of carbonyl (C=O) groups excluding carboxylic acids is 1. The third kappa shape index (κ3) is 6.99. The van der Waals surface area contributed by atoms with Gasteiger partial charge in [-0.1, -0.05) is 50.0 Å². The SMILES string of the molecule is C=CCC(CCCCC)CC(=O)NS(=O)(=O)c1ccc(C)cc1. The second kappa shape index (κ2) is 9.50. The van der Waals surface area contributed by atoms with Gasteiger partial charge in [0.25, 0.3) is 10.0 Å². The second-order valence-corrected chi connectivity index (χ2v) is 7.61. The average molecular weight is 337 g/mol. The predicted octanol–water partition coefficient (Wildman–Crippen LogP) is 3.96. The van der Waals surface area contributed by atoms with E-state index in [0.29, 0.717) is 0 Å². The van der Waals surface area contributed by atoms with Crippen molar-refractivity contribution in [2.75, 3.05) is 0 Å². The van der Waals surface area contributed by atoms with E-state index >= 15 is 0 Å². The molecule has 5 heteroatoms. The number of rotatable bonds is 10. The van der Waals surface area contributed by atoms with Gasteiger partial charge in [0.1, 0.15) is 0 Å². The van der Waals surface area contributed by atoms with Crippen LogP contribution in [0.1, 0.15) is 51.0 Å². The molecule has 0 saturated carbocycles. The van der Waals surface area contributed by atoms with Crippen LogP contribution in [0.4, 0.5) is 0 Å². The van der Waals surface area contributed by atoms with Crippen LogP contribution in [0.15, 0.2) is 41.8 Å². The van der Waals surface area contributed by atoms with Gasteiger partial charge in [0.15, 0.2) is 0 Å². The standard InChI is InChI=1S/C18H27NO3S/c1-4-6-7-9-16(8-5-2)14-18(20)19-23(21,22)17-12-10-15(3)11-13-17/h5,10-13,16H,2,4,6-9,14H2,1,3H3,(H,19,20). The molecule has 0 heterocycles. The molecule has 0 radical (unpaired) electrons. The van der Waals surface area contributed by atoms with Crippen LogP contribution in [0.2, 0.25) is 0 Å². The lowest BCUT2D eigenvalue weighted by molar-refractivity contribution is -0.120. The summed E-state index contributed by atoms with van der Waals surface area (Å²) in [5, 5.41) is 0. The molecule has 128 valence electrons. The molecule has 1 aromatic carbocycles.